The van der Waals surface area contributed by atoms with Crippen molar-refractivity contribution in [3.8, 4) is 5.75 Å². The SMILES string of the molecule is CCOC(=O)N1C[C@@H](CO)[C@@H]2Oc3c(C)cccc3[C@@H]21. The van der Waals surface area contributed by atoms with Gasteiger partial charge in [0, 0.05) is 18.0 Å². The molecule has 1 aromatic carbocycles. The lowest BCUT2D eigenvalue weighted by Crippen LogP contribution is -2.32. The van der Waals surface area contributed by atoms with E-state index < -0.39 is 0 Å². The third-order valence-corrected chi connectivity index (χ3v) is 4.09. The molecule has 0 saturated carbocycles. The summed E-state index contributed by atoms with van der Waals surface area (Å²) >= 11 is 0. The number of hydrogen-bond donors (Lipinski definition) is 1. The number of fused-ring (bicyclic) bond motifs is 3. The molecule has 3 atom stereocenters. The average molecular weight is 277 g/mol. The Kier molecular flexibility index (Phi) is 3.30. The smallest absolute Gasteiger partial charge is 0.410 e. The van der Waals surface area contributed by atoms with Crippen molar-refractivity contribution in [3.63, 3.8) is 0 Å². The van der Waals surface area contributed by atoms with Crippen molar-refractivity contribution in [3.05, 3.63) is 29.3 Å². The molecule has 0 bridgehead atoms. The molecule has 0 unspecified atom stereocenters. The third-order valence-electron chi connectivity index (χ3n) is 4.09. The first-order valence-electron chi connectivity index (χ1n) is 6.97. The van der Waals surface area contributed by atoms with Crippen LogP contribution in [0.5, 0.6) is 5.75 Å². The summed E-state index contributed by atoms with van der Waals surface area (Å²) in [7, 11) is 0. The van der Waals surface area contributed by atoms with E-state index >= 15 is 0 Å². The van der Waals surface area contributed by atoms with Gasteiger partial charge in [-0.05, 0) is 19.4 Å². The maximum Gasteiger partial charge on any atom is 0.410 e. The predicted octanol–water partition coefficient (Wildman–Crippen LogP) is 1.88. The molecule has 3 rings (SSSR count). The van der Waals surface area contributed by atoms with E-state index in [9.17, 15) is 9.90 Å². The Bertz CT molecular complexity index is 531. The van der Waals surface area contributed by atoms with Gasteiger partial charge in [0.2, 0.25) is 0 Å². The van der Waals surface area contributed by atoms with Crippen LogP contribution in [0.3, 0.4) is 0 Å². The number of para-hydroxylation sites is 1. The lowest BCUT2D eigenvalue weighted by atomic mass is 9.98. The molecular formula is C15H19NO4. The molecule has 1 N–H and O–H groups in total. The number of carbonyl (C=O) groups excluding carboxylic acids is 1. The van der Waals surface area contributed by atoms with Gasteiger partial charge < -0.3 is 14.6 Å². The summed E-state index contributed by atoms with van der Waals surface area (Å²) in [5.41, 5.74) is 2.07. The van der Waals surface area contributed by atoms with E-state index in [1.54, 1.807) is 11.8 Å². The zero-order chi connectivity index (χ0) is 14.3. The Balaban J connectivity index is 1.98. The van der Waals surface area contributed by atoms with E-state index in [1.165, 1.54) is 0 Å². The molecule has 0 aromatic heterocycles. The fourth-order valence-corrected chi connectivity index (χ4v) is 3.17. The molecule has 0 spiro atoms. The van der Waals surface area contributed by atoms with Crippen molar-refractivity contribution < 1.29 is 19.4 Å². The van der Waals surface area contributed by atoms with Crippen molar-refractivity contribution in [1.82, 2.24) is 4.90 Å². The molecule has 1 fully saturated rings. The normalized spacial score (nSPS) is 26.9. The minimum atomic E-state index is -0.337. The number of likely N-dealkylation sites (tertiary alicyclic amines) is 1. The van der Waals surface area contributed by atoms with E-state index in [0.29, 0.717) is 13.2 Å². The topological polar surface area (TPSA) is 59.0 Å². The Labute approximate surface area is 118 Å². The molecule has 0 radical (unpaired) electrons. The zero-order valence-electron chi connectivity index (χ0n) is 11.7. The van der Waals surface area contributed by atoms with Crippen molar-refractivity contribution in [2.75, 3.05) is 19.8 Å². The van der Waals surface area contributed by atoms with Gasteiger partial charge >= 0.3 is 6.09 Å². The maximum atomic E-state index is 12.1. The summed E-state index contributed by atoms with van der Waals surface area (Å²) in [5.74, 6) is 0.770. The Hall–Kier alpha value is -1.75. The quantitative estimate of drug-likeness (QED) is 0.896. The van der Waals surface area contributed by atoms with Crippen LogP contribution in [-0.2, 0) is 4.74 Å². The van der Waals surface area contributed by atoms with Crippen LogP contribution in [-0.4, -0.2) is 42.0 Å². The van der Waals surface area contributed by atoms with Crippen molar-refractivity contribution in [2.24, 2.45) is 5.92 Å². The first-order valence-corrected chi connectivity index (χ1v) is 6.97. The minimum absolute atomic E-state index is 0.00408. The second-order valence-electron chi connectivity index (χ2n) is 5.31. The second kappa shape index (κ2) is 4.98. The van der Waals surface area contributed by atoms with Crippen LogP contribution in [0.25, 0.3) is 0 Å². The van der Waals surface area contributed by atoms with Gasteiger partial charge in [-0.1, -0.05) is 18.2 Å². The lowest BCUT2D eigenvalue weighted by molar-refractivity contribution is 0.0935. The zero-order valence-corrected chi connectivity index (χ0v) is 11.7. The van der Waals surface area contributed by atoms with Gasteiger partial charge in [0.1, 0.15) is 17.9 Å². The molecule has 1 saturated heterocycles. The van der Waals surface area contributed by atoms with Crippen LogP contribution < -0.4 is 4.74 Å². The Morgan fingerprint density at radius 1 is 1.55 bits per heavy atom. The Morgan fingerprint density at radius 2 is 2.35 bits per heavy atom. The fraction of sp³-hybridized carbons (Fsp3) is 0.533. The van der Waals surface area contributed by atoms with E-state index in [0.717, 1.165) is 16.9 Å². The largest absolute Gasteiger partial charge is 0.487 e. The molecule has 5 nitrogen and oxygen atoms in total. The third kappa shape index (κ3) is 1.85. The number of rotatable bonds is 2. The number of aryl methyl sites for hydroxylation is 1. The predicted molar refractivity (Wildman–Crippen MR) is 72.6 cm³/mol. The number of nitrogens with zero attached hydrogens (tertiary/aromatic N) is 1. The highest BCUT2D eigenvalue weighted by Crippen LogP contribution is 2.48. The second-order valence-corrected chi connectivity index (χ2v) is 5.31. The summed E-state index contributed by atoms with van der Waals surface area (Å²) in [6, 6.07) is 5.79. The first kappa shape index (κ1) is 13.2. The van der Waals surface area contributed by atoms with Gasteiger partial charge in [0.25, 0.3) is 0 Å². The molecule has 2 aliphatic rings. The molecule has 2 heterocycles. The van der Waals surface area contributed by atoms with E-state index in [4.69, 9.17) is 9.47 Å². The minimum Gasteiger partial charge on any atom is -0.487 e. The first-order chi connectivity index (χ1) is 9.67. The summed E-state index contributed by atoms with van der Waals surface area (Å²) < 4.78 is 11.1. The average Bonchev–Trinajstić information content (AvgIpc) is 2.97. The van der Waals surface area contributed by atoms with E-state index in [2.05, 4.69) is 0 Å². The maximum absolute atomic E-state index is 12.1. The summed E-state index contributed by atoms with van der Waals surface area (Å²) in [5, 5.41) is 9.53. The van der Waals surface area contributed by atoms with Crippen molar-refractivity contribution >= 4 is 6.09 Å². The molecule has 2 aliphatic heterocycles. The number of ether oxygens (including phenoxy) is 2. The summed E-state index contributed by atoms with van der Waals surface area (Å²) in [4.78, 5) is 13.8. The molecule has 20 heavy (non-hydrogen) atoms. The number of aliphatic hydroxyl groups excluding tert-OH is 1. The van der Waals surface area contributed by atoms with Gasteiger partial charge in [0.15, 0.2) is 0 Å². The number of carbonyl (C=O) groups is 1. The molecule has 108 valence electrons. The highest BCUT2D eigenvalue weighted by atomic mass is 16.6. The van der Waals surface area contributed by atoms with Crippen molar-refractivity contribution in [2.45, 2.75) is 26.0 Å². The highest BCUT2D eigenvalue weighted by Gasteiger charge is 2.51. The van der Waals surface area contributed by atoms with E-state index in [-0.39, 0.29) is 30.8 Å². The van der Waals surface area contributed by atoms with Gasteiger partial charge in [-0.3, -0.25) is 4.90 Å². The molecule has 5 heteroatoms. The van der Waals surface area contributed by atoms with Crippen LogP contribution in [0.15, 0.2) is 18.2 Å². The van der Waals surface area contributed by atoms with Crippen LogP contribution >= 0.6 is 0 Å². The van der Waals surface area contributed by atoms with Gasteiger partial charge in [-0.15, -0.1) is 0 Å². The fourth-order valence-electron chi connectivity index (χ4n) is 3.17. The highest BCUT2D eigenvalue weighted by molar-refractivity contribution is 5.70. The van der Waals surface area contributed by atoms with Crippen molar-refractivity contribution in [1.29, 1.82) is 0 Å². The molecular weight excluding hydrogens is 258 g/mol. The van der Waals surface area contributed by atoms with Gasteiger partial charge in [-0.25, -0.2) is 4.79 Å². The standard InChI is InChI=1S/C15H19NO4/c1-3-19-15(18)16-7-10(8-17)14-12(16)11-6-4-5-9(2)13(11)20-14/h4-6,10,12,14,17H,3,7-8H2,1-2H3/t10-,12-,14-/m0/s1. The number of benzene rings is 1. The van der Waals surface area contributed by atoms with Crippen LogP contribution in [0.2, 0.25) is 0 Å². The monoisotopic (exact) mass is 277 g/mol. The number of aliphatic hydroxyl groups is 1. The van der Waals surface area contributed by atoms with Crippen LogP contribution in [0.4, 0.5) is 4.79 Å². The summed E-state index contributed by atoms with van der Waals surface area (Å²) in [6.45, 7) is 4.60. The van der Waals surface area contributed by atoms with Gasteiger partial charge in [-0.2, -0.15) is 0 Å². The van der Waals surface area contributed by atoms with Gasteiger partial charge in [0.05, 0.1) is 13.2 Å². The lowest BCUT2D eigenvalue weighted by Gasteiger charge is -2.22. The van der Waals surface area contributed by atoms with E-state index in [1.807, 2.05) is 25.1 Å². The molecule has 0 aliphatic carbocycles. The molecule has 1 amide bonds. The Morgan fingerprint density at radius 3 is 3.05 bits per heavy atom. The molecule has 1 aromatic rings. The summed E-state index contributed by atoms with van der Waals surface area (Å²) in [6.07, 6.45) is -0.517. The number of hydrogen-bond acceptors (Lipinski definition) is 4. The van der Waals surface area contributed by atoms with Crippen LogP contribution in [0, 0.1) is 12.8 Å². The number of amides is 1. The van der Waals surface area contributed by atoms with Crippen LogP contribution in [0.1, 0.15) is 24.1 Å².